The number of fused-ring (bicyclic) bond motifs is 1. The van der Waals surface area contributed by atoms with E-state index in [1.807, 2.05) is 38.1 Å². The van der Waals surface area contributed by atoms with Crippen molar-refractivity contribution in [2.75, 3.05) is 5.32 Å². The summed E-state index contributed by atoms with van der Waals surface area (Å²) in [4.78, 5) is 24.5. The van der Waals surface area contributed by atoms with Crippen LogP contribution in [0, 0.1) is 5.92 Å². The summed E-state index contributed by atoms with van der Waals surface area (Å²) in [7, 11) is 0. The van der Waals surface area contributed by atoms with E-state index >= 15 is 0 Å². The van der Waals surface area contributed by atoms with Crippen molar-refractivity contribution in [1.29, 1.82) is 0 Å². The first kappa shape index (κ1) is 17.8. The number of nitrogens with one attached hydrogen (secondary N) is 3. The number of amides is 2. The molecule has 0 spiro atoms. The standard InChI is InChI=1S/C17H24N4O3/c1-10(2)13(18-16(23)24-17(3,4)5)15(22)19-14-11-8-6-7-9-12(11)20-21-14/h6-10,13H,1-5H3,(H,18,23)(H2,19,20,21,22). The van der Waals surface area contributed by atoms with Crippen LogP contribution in [0.1, 0.15) is 34.6 Å². The summed E-state index contributed by atoms with van der Waals surface area (Å²) in [5.41, 5.74) is 0.203. The number of hydrogen-bond acceptors (Lipinski definition) is 4. The molecule has 0 saturated heterocycles. The van der Waals surface area contributed by atoms with Gasteiger partial charge in [0.05, 0.1) is 5.52 Å². The highest BCUT2D eigenvalue weighted by molar-refractivity contribution is 6.02. The summed E-state index contributed by atoms with van der Waals surface area (Å²) in [6.07, 6.45) is -0.622. The quantitative estimate of drug-likeness (QED) is 0.802. The summed E-state index contributed by atoms with van der Waals surface area (Å²) >= 11 is 0. The maximum atomic E-state index is 12.6. The summed E-state index contributed by atoms with van der Waals surface area (Å²) < 4.78 is 5.22. The van der Waals surface area contributed by atoms with Crippen molar-refractivity contribution in [1.82, 2.24) is 15.5 Å². The minimum atomic E-state index is -0.727. The lowest BCUT2D eigenvalue weighted by Crippen LogP contribution is -2.48. The van der Waals surface area contributed by atoms with E-state index in [1.165, 1.54) is 0 Å². The van der Waals surface area contributed by atoms with E-state index in [1.54, 1.807) is 20.8 Å². The molecule has 130 valence electrons. The number of benzene rings is 1. The van der Waals surface area contributed by atoms with Gasteiger partial charge in [-0.15, -0.1) is 0 Å². The second-order valence-corrected chi connectivity index (χ2v) is 6.97. The second-order valence-electron chi connectivity index (χ2n) is 6.97. The van der Waals surface area contributed by atoms with Crippen LogP contribution >= 0.6 is 0 Å². The predicted molar refractivity (Wildman–Crippen MR) is 92.7 cm³/mol. The SMILES string of the molecule is CC(C)C(NC(=O)OC(C)(C)C)C(=O)Nc1n[nH]c2ccccc12. The zero-order chi connectivity index (χ0) is 17.9. The van der Waals surface area contributed by atoms with Crippen LogP contribution in [-0.4, -0.2) is 33.8 Å². The Hall–Kier alpha value is -2.57. The van der Waals surface area contributed by atoms with E-state index in [0.29, 0.717) is 5.82 Å². The third kappa shape index (κ3) is 4.47. The molecule has 7 nitrogen and oxygen atoms in total. The number of H-pyrrole nitrogens is 1. The summed E-state index contributed by atoms with van der Waals surface area (Å²) in [6, 6.07) is 6.76. The van der Waals surface area contributed by atoms with E-state index in [9.17, 15) is 9.59 Å². The molecule has 0 saturated carbocycles. The zero-order valence-corrected chi connectivity index (χ0v) is 14.6. The Kier molecular flexibility index (Phi) is 5.11. The van der Waals surface area contributed by atoms with Crippen molar-refractivity contribution >= 4 is 28.7 Å². The van der Waals surface area contributed by atoms with Gasteiger partial charge in [0.25, 0.3) is 0 Å². The highest BCUT2D eigenvalue weighted by Gasteiger charge is 2.27. The van der Waals surface area contributed by atoms with Crippen LogP contribution in [0.4, 0.5) is 10.6 Å². The first-order valence-corrected chi connectivity index (χ1v) is 7.91. The smallest absolute Gasteiger partial charge is 0.408 e. The lowest BCUT2D eigenvalue weighted by Gasteiger charge is -2.25. The molecule has 1 unspecified atom stereocenters. The largest absolute Gasteiger partial charge is 0.444 e. The van der Waals surface area contributed by atoms with Crippen molar-refractivity contribution in [3.8, 4) is 0 Å². The Labute approximate surface area is 141 Å². The molecule has 1 aromatic carbocycles. The van der Waals surface area contributed by atoms with E-state index in [4.69, 9.17) is 4.74 Å². The monoisotopic (exact) mass is 332 g/mol. The first-order valence-electron chi connectivity index (χ1n) is 7.91. The number of alkyl carbamates (subject to hydrolysis) is 1. The lowest BCUT2D eigenvalue weighted by atomic mass is 10.0. The van der Waals surface area contributed by atoms with E-state index in [2.05, 4.69) is 20.8 Å². The molecule has 3 N–H and O–H groups in total. The molecular formula is C17H24N4O3. The van der Waals surface area contributed by atoms with Crippen molar-refractivity contribution in [3.63, 3.8) is 0 Å². The minimum absolute atomic E-state index is 0.109. The molecule has 0 radical (unpaired) electrons. The Morgan fingerprint density at radius 1 is 1.21 bits per heavy atom. The van der Waals surface area contributed by atoms with Gasteiger partial charge in [-0.1, -0.05) is 26.0 Å². The maximum Gasteiger partial charge on any atom is 0.408 e. The van der Waals surface area contributed by atoms with Gasteiger partial charge in [-0.2, -0.15) is 5.10 Å². The van der Waals surface area contributed by atoms with Crippen LogP contribution in [0.25, 0.3) is 10.9 Å². The number of ether oxygens (including phenoxy) is 1. The zero-order valence-electron chi connectivity index (χ0n) is 14.6. The normalized spacial score (nSPS) is 12.9. The Balaban J connectivity index is 2.10. The highest BCUT2D eigenvalue weighted by Crippen LogP contribution is 2.20. The topological polar surface area (TPSA) is 96.1 Å². The fraction of sp³-hybridized carbons (Fsp3) is 0.471. The predicted octanol–water partition coefficient (Wildman–Crippen LogP) is 3.05. The molecule has 0 aliphatic carbocycles. The van der Waals surface area contributed by atoms with Crippen molar-refractivity contribution < 1.29 is 14.3 Å². The van der Waals surface area contributed by atoms with Crippen LogP contribution in [0.15, 0.2) is 24.3 Å². The molecule has 0 aliphatic rings. The Morgan fingerprint density at radius 3 is 2.50 bits per heavy atom. The van der Waals surface area contributed by atoms with E-state index < -0.39 is 17.7 Å². The number of carbonyl (C=O) groups excluding carboxylic acids is 2. The summed E-state index contributed by atoms with van der Waals surface area (Å²) in [5.74, 6) is -0.0110. The van der Waals surface area contributed by atoms with Gasteiger partial charge in [-0.25, -0.2) is 4.79 Å². The van der Waals surface area contributed by atoms with Gasteiger partial charge >= 0.3 is 6.09 Å². The number of aromatic nitrogens is 2. The van der Waals surface area contributed by atoms with Gasteiger partial charge in [-0.3, -0.25) is 9.89 Å². The number of carbonyl (C=O) groups is 2. The molecule has 1 heterocycles. The molecule has 2 rings (SSSR count). The van der Waals surface area contributed by atoms with Crippen molar-refractivity contribution in [2.24, 2.45) is 5.92 Å². The van der Waals surface area contributed by atoms with Gasteiger partial charge < -0.3 is 15.4 Å². The van der Waals surface area contributed by atoms with Crippen molar-refractivity contribution in [3.05, 3.63) is 24.3 Å². The highest BCUT2D eigenvalue weighted by atomic mass is 16.6. The molecule has 1 atom stereocenters. The lowest BCUT2D eigenvalue weighted by molar-refractivity contribution is -0.119. The van der Waals surface area contributed by atoms with Crippen LogP contribution in [0.5, 0.6) is 0 Å². The first-order chi connectivity index (χ1) is 11.2. The molecule has 0 fully saturated rings. The molecular weight excluding hydrogens is 308 g/mol. The summed E-state index contributed by atoms with van der Waals surface area (Å²) in [6.45, 7) is 9.02. The molecule has 24 heavy (non-hydrogen) atoms. The number of nitrogens with zero attached hydrogens (tertiary/aromatic N) is 1. The number of anilines is 1. The third-order valence-corrected chi connectivity index (χ3v) is 3.33. The number of aromatic amines is 1. The van der Waals surface area contributed by atoms with E-state index in [-0.39, 0.29) is 11.8 Å². The van der Waals surface area contributed by atoms with Gasteiger partial charge in [0.2, 0.25) is 5.91 Å². The van der Waals surface area contributed by atoms with Gasteiger partial charge in [0.15, 0.2) is 5.82 Å². The van der Waals surface area contributed by atoms with Crippen LogP contribution in [0.3, 0.4) is 0 Å². The second kappa shape index (κ2) is 6.90. The molecule has 1 aromatic heterocycles. The Bertz CT molecular complexity index is 731. The molecule has 0 bridgehead atoms. The van der Waals surface area contributed by atoms with Crippen molar-refractivity contribution in [2.45, 2.75) is 46.3 Å². The van der Waals surface area contributed by atoms with Crippen LogP contribution in [0.2, 0.25) is 0 Å². The number of rotatable bonds is 4. The Morgan fingerprint density at radius 2 is 1.88 bits per heavy atom. The average molecular weight is 332 g/mol. The molecule has 2 amide bonds. The molecule has 0 aliphatic heterocycles. The van der Waals surface area contributed by atoms with Crippen LogP contribution in [-0.2, 0) is 9.53 Å². The average Bonchev–Trinajstić information content (AvgIpc) is 2.86. The molecule has 7 heteroatoms. The van der Waals surface area contributed by atoms with E-state index in [0.717, 1.165) is 10.9 Å². The van der Waals surface area contributed by atoms with Gasteiger partial charge in [-0.05, 0) is 38.8 Å². The number of para-hydroxylation sites is 1. The van der Waals surface area contributed by atoms with Gasteiger partial charge in [0, 0.05) is 5.39 Å². The third-order valence-electron chi connectivity index (χ3n) is 3.33. The molecule has 2 aromatic rings. The van der Waals surface area contributed by atoms with Gasteiger partial charge in [0.1, 0.15) is 11.6 Å². The minimum Gasteiger partial charge on any atom is -0.444 e. The maximum absolute atomic E-state index is 12.6. The fourth-order valence-electron chi connectivity index (χ4n) is 2.22. The fourth-order valence-corrected chi connectivity index (χ4v) is 2.22. The number of hydrogen-bond donors (Lipinski definition) is 3. The summed E-state index contributed by atoms with van der Waals surface area (Å²) in [5, 5.41) is 13.2. The van der Waals surface area contributed by atoms with Crippen LogP contribution < -0.4 is 10.6 Å².